The van der Waals surface area contributed by atoms with E-state index in [1.807, 2.05) is 32.0 Å². The van der Waals surface area contributed by atoms with Crippen molar-refractivity contribution in [2.75, 3.05) is 0 Å². The molecular formula is C17H17FN2O. The number of amidine groups is 1. The summed E-state index contributed by atoms with van der Waals surface area (Å²) in [5.41, 5.74) is 9.10. The first kappa shape index (κ1) is 14.9. The fraction of sp³-hybridized carbons (Fsp3) is 0.176. The lowest BCUT2D eigenvalue weighted by Gasteiger charge is -2.06. The van der Waals surface area contributed by atoms with Gasteiger partial charge in [0.15, 0.2) is 5.78 Å². The normalized spacial score (nSPS) is 11.5. The highest BCUT2D eigenvalue weighted by Gasteiger charge is 2.09. The Morgan fingerprint density at radius 3 is 2.24 bits per heavy atom. The summed E-state index contributed by atoms with van der Waals surface area (Å²) >= 11 is 0. The summed E-state index contributed by atoms with van der Waals surface area (Å²) in [6.07, 6.45) is 0.0133. The van der Waals surface area contributed by atoms with Crippen molar-refractivity contribution in [1.29, 1.82) is 0 Å². The summed E-state index contributed by atoms with van der Waals surface area (Å²) in [4.78, 5) is 16.4. The van der Waals surface area contributed by atoms with Crippen LogP contribution in [-0.2, 0) is 0 Å². The Balaban J connectivity index is 2.17. The first-order valence-corrected chi connectivity index (χ1v) is 6.65. The van der Waals surface area contributed by atoms with Gasteiger partial charge < -0.3 is 5.73 Å². The Bertz CT molecular complexity index is 670. The van der Waals surface area contributed by atoms with E-state index < -0.39 is 0 Å². The minimum Gasteiger partial charge on any atom is -0.387 e. The monoisotopic (exact) mass is 284 g/mol. The van der Waals surface area contributed by atoms with Gasteiger partial charge in [-0.25, -0.2) is 9.38 Å². The van der Waals surface area contributed by atoms with Crippen molar-refractivity contribution in [2.45, 2.75) is 20.3 Å². The number of carbonyl (C=O) groups excluding carboxylic acids is 1. The van der Waals surface area contributed by atoms with E-state index in [2.05, 4.69) is 4.99 Å². The van der Waals surface area contributed by atoms with Gasteiger partial charge in [0.25, 0.3) is 0 Å². The summed E-state index contributed by atoms with van der Waals surface area (Å²) in [7, 11) is 0. The predicted octanol–water partition coefficient (Wildman–Crippen LogP) is 3.70. The minimum atomic E-state index is -0.372. The zero-order chi connectivity index (χ0) is 15.4. The van der Waals surface area contributed by atoms with Crippen LogP contribution in [0, 0.1) is 19.7 Å². The van der Waals surface area contributed by atoms with E-state index in [-0.39, 0.29) is 23.9 Å². The number of benzene rings is 2. The molecule has 0 aromatic heterocycles. The second-order valence-corrected chi connectivity index (χ2v) is 4.95. The van der Waals surface area contributed by atoms with Crippen LogP contribution in [0.3, 0.4) is 0 Å². The van der Waals surface area contributed by atoms with Crippen molar-refractivity contribution in [3.05, 3.63) is 65.0 Å². The summed E-state index contributed by atoms with van der Waals surface area (Å²) < 4.78 is 12.8. The average Bonchev–Trinajstić information content (AvgIpc) is 2.43. The highest BCUT2D eigenvalue weighted by atomic mass is 19.1. The Labute approximate surface area is 123 Å². The van der Waals surface area contributed by atoms with Gasteiger partial charge >= 0.3 is 0 Å². The highest BCUT2D eigenvalue weighted by molar-refractivity contribution is 6.09. The van der Waals surface area contributed by atoms with Crippen molar-refractivity contribution in [3.63, 3.8) is 0 Å². The summed E-state index contributed by atoms with van der Waals surface area (Å²) in [5, 5.41) is 0. The Hall–Kier alpha value is -2.49. The van der Waals surface area contributed by atoms with Crippen molar-refractivity contribution in [2.24, 2.45) is 10.7 Å². The Morgan fingerprint density at radius 1 is 1.10 bits per heavy atom. The van der Waals surface area contributed by atoms with Gasteiger partial charge in [-0.05, 0) is 49.2 Å². The van der Waals surface area contributed by atoms with Crippen molar-refractivity contribution >= 4 is 17.3 Å². The van der Waals surface area contributed by atoms with Crippen LogP contribution in [0.4, 0.5) is 10.1 Å². The fourth-order valence-electron chi connectivity index (χ4n) is 2.07. The van der Waals surface area contributed by atoms with E-state index in [0.717, 1.165) is 16.8 Å². The summed E-state index contributed by atoms with van der Waals surface area (Å²) in [5.74, 6) is -0.298. The van der Waals surface area contributed by atoms with Gasteiger partial charge in [0.05, 0.1) is 12.1 Å². The number of rotatable bonds is 4. The number of para-hydroxylation sites is 1. The molecule has 21 heavy (non-hydrogen) atoms. The molecule has 0 bridgehead atoms. The smallest absolute Gasteiger partial charge is 0.170 e. The number of Topliss-reactive ketones (excluding diaryl/α,β-unsaturated/α-hetero) is 1. The third-order valence-electron chi connectivity index (χ3n) is 3.20. The van der Waals surface area contributed by atoms with Crippen molar-refractivity contribution in [3.8, 4) is 0 Å². The molecule has 0 saturated carbocycles. The van der Waals surface area contributed by atoms with E-state index in [4.69, 9.17) is 5.73 Å². The number of hydrogen-bond donors (Lipinski definition) is 1. The first-order valence-electron chi connectivity index (χ1n) is 6.65. The topological polar surface area (TPSA) is 55.4 Å². The Morgan fingerprint density at radius 2 is 1.67 bits per heavy atom. The van der Waals surface area contributed by atoms with Crippen LogP contribution < -0.4 is 5.73 Å². The fourth-order valence-corrected chi connectivity index (χ4v) is 2.07. The molecule has 0 aliphatic carbocycles. The van der Waals surface area contributed by atoms with E-state index in [1.165, 1.54) is 24.3 Å². The largest absolute Gasteiger partial charge is 0.387 e. The van der Waals surface area contributed by atoms with Crippen molar-refractivity contribution in [1.82, 2.24) is 0 Å². The maximum Gasteiger partial charge on any atom is 0.170 e. The lowest BCUT2D eigenvalue weighted by atomic mass is 10.1. The van der Waals surface area contributed by atoms with Crippen LogP contribution in [0.25, 0.3) is 0 Å². The van der Waals surface area contributed by atoms with Crippen LogP contribution in [0.1, 0.15) is 27.9 Å². The molecule has 0 saturated heterocycles. The minimum absolute atomic E-state index is 0.0133. The maximum absolute atomic E-state index is 12.8. The Kier molecular flexibility index (Phi) is 4.48. The number of ketones is 1. The summed E-state index contributed by atoms with van der Waals surface area (Å²) in [6.45, 7) is 3.89. The molecule has 0 aliphatic heterocycles. The molecule has 3 nitrogen and oxygen atoms in total. The second kappa shape index (κ2) is 6.31. The van der Waals surface area contributed by atoms with Gasteiger partial charge in [-0.15, -0.1) is 0 Å². The van der Waals surface area contributed by atoms with Crippen molar-refractivity contribution < 1.29 is 9.18 Å². The molecular weight excluding hydrogens is 267 g/mol. The molecule has 2 aromatic rings. The van der Waals surface area contributed by atoms with Crippen LogP contribution in [0.15, 0.2) is 47.5 Å². The maximum atomic E-state index is 12.8. The first-order chi connectivity index (χ1) is 9.97. The molecule has 0 radical (unpaired) electrons. The molecule has 0 unspecified atom stereocenters. The summed E-state index contributed by atoms with van der Waals surface area (Å²) in [6, 6.07) is 11.2. The highest BCUT2D eigenvalue weighted by Crippen LogP contribution is 2.23. The van der Waals surface area contributed by atoms with Gasteiger partial charge in [-0.2, -0.15) is 0 Å². The molecule has 0 fully saturated rings. The van der Waals surface area contributed by atoms with Crippen LogP contribution in [0.5, 0.6) is 0 Å². The lowest BCUT2D eigenvalue weighted by Crippen LogP contribution is -2.17. The molecule has 0 aliphatic rings. The van der Waals surface area contributed by atoms with Crippen LogP contribution in [0.2, 0.25) is 0 Å². The van der Waals surface area contributed by atoms with E-state index in [1.54, 1.807) is 0 Å². The standard InChI is InChI=1S/C17H17FN2O/c1-11-4-3-5-12(2)17(11)20-16(19)10-15(21)13-6-8-14(18)9-7-13/h3-9H,10H2,1-2H3,(H2,19,20). The zero-order valence-electron chi connectivity index (χ0n) is 12.1. The molecule has 2 rings (SSSR count). The third kappa shape index (κ3) is 3.75. The number of hydrogen-bond acceptors (Lipinski definition) is 2. The van der Waals surface area contributed by atoms with Gasteiger partial charge in [0, 0.05) is 5.56 Å². The predicted molar refractivity (Wildman–Crippen MR) is 82.5 cm³/mol. The second-order valence-electron chi connectivity index (χ2n) is 4.95. The average molecular weight is 284 g/mol. The molecule has 108 valence electrons. The van der Waals surface area contributed by atoms with E-state index in [0.29, 0.717) is 5.56 Å². The number of halogens is 1. The molecule has 2 N–H and O–H groups in total. The third-order valence-corrected chi connectivity index (χ3v) is 3.20. The molecule has 2 aromatic carbocycles. The van der Waals surface area contributed by atoms with Crippen LogP contribution in [-0.4, -0.2) is 11.6 Å². The number of carbonyl (C=O) groups is 1. The number of nitrogens with zero attached hydrogens (tertiary/aromatic N) is 1. The molecule has 4 heteroatoms. The number of aliphatic imine (C=N–C) groups is 1. The number of aryl methyl sites for hydroxylation is 2. The van der Waals surface area contributed by atoms with Gasteiger partial charge in [0.2, 0.25) is 0 Å². The lowest BCUT2D eigenvalue weighted by molar-refractivity contribution is 0.100. The molecule has 0 spiro atoms. The molecule has 0 atom stereocenters. The van der Waals surface area contributed by atoms with Gasteiger partial charge in [0.1, 0.15) is 11.7 Å². The van der Waals surface area contributed by atoms with Gasteiger partial charge in [-0.3, -0.25) is 4.79 Å². The zero-order valence-corrected chi connectivity index (χ0v) is 12.1. The number of nitrogens with two attached hydrogens (primary N) is 1. The SMILES string of the molecule is Cc1cccc(C)c1N=C(N)CC(=O)c1ccc(F)cc1. The van der Waals surface area contributed by atoms with Gasteiger partial charge in [-0.1, -0.05) is 18.2 Å². The molecule has 0 amide bonds. The van der Waals surface area contributed by atoms with E-state index in [9.17, 15) is 9.18 Å². The molecule has 0 heterocycles. The van der Waals surface area contributed by atoms with E-state index >= 15 is 0 Å². The van der Waals surface area contributed by atoms with Crippen LogP contribution >= 0.6 is 0 Å². The quantitative estimate of drug-likeness (QED) is 0.528.